The standard InChI is InChI=1S/C22H23N3O5.ClH/c1-4-29-22(26)20-14(2)23-15(3)24-21(20)18-7-5-6-8-19(18)30-13-16-9-11-17(12-10-16)25(27)28;/h5-12,21H,4,13H2,1-3H3,(H,23,24);1H. The van der Waals surface area contributed by atoms with Gasteiger partial charge in [-0.25, -0.2) is 4.79 Å². The van der Waals surface area contributed by atoms with Crippen LogP contribution in [0, 0.1) is 10.1 Å². The molecule has 0 bridgehead atoms. The van der Waals surface area contributed by atoms with Gasteiger partial charge in [0, 0.05) is 23.4 Å². The molecular weight excluding hydrogens is 422 g/mol. The lowest BCUT2D eigenvalue weighted by molar-refractivity contribution is -0.384. The SMILES string of the molecule is CCOC(=O)C1=C(C)NC(C)=NC1c1ccccc1OCc1ccc([N+](=O)[O-])cc1.Cl. The summed E-state index contributed by atoms with van der Waals surface area (Å²) < 4.78 is 11.2. The van der Waals surface area contributed by atoms with Gasteiger partial charge in [0.1, 0.15) is 18.4 Å². The fourth-order valence-electron chi connectivity index (χ4n) is 3.25. The minimum atomic E-state index is -0.557. The molecule has 2 aromatic carbocycles. The van der Waals surface area contributed by atoms with Gasteiger partial charge in [0.2, 0.25) is 0 Å². The topological polar surface area (TPSA) is 103 Å². The first-order valence-electron chi connectivity index (χ1n) is 9.55. The molecule has 2 aromatic rings. The number of nitrogens with one attached hydrogen (secondary N) is 1. The number of hydrogen-bond donors (Lipinski definition) is 1. The molecule has 1 unspecified atom stereocenters. The summed E-state index contributed by atoms with van der Waals surface area (Å²) in [7, 11) is 0. The number of rotatable bonds is 7. The first-order chi connectivity index (χ1) is 14.4. The molecule has 9 heteroatoms. The number of allylic oxidation sites excluding steroid dienone is 1. The highest BCUT2D eigenvalue weighted by Gasteiger charge is 2.31. The molecule has 1 N–H and O–H groups in total. The van der Waals surface area contributed by atoms with Crippen molar-refractivity contribution in [1.29, 1.82) is 0 Å². The second-order valence-electron chi connectivity index (χ2n) is 6.75. The summed E-state index contributed by atoms with van der Waals surface area (Å²) in [4.78, 5) is 27.6. The van der Waals surface area contributed by atoms with E-state index in [1.54, 1.807) is 19.1 Å². The number of amidine groups is 1. The van der Waals surface area contributed by atoms with Crippen molar-refractivity contribution in [3.05, 3.63) is 81.0 Å². The van der Waals surface area contributed by atoms with Gasteiger partial charge in [0.15, 0.2) is 0 Å². The summed E-state index contributed by atoms with van der Waals surface area (Å²) in [6, 6.07) is 13.0. The Morgan fingerprint density at radius 2 is 1.84 bits per heavy atom. The van der Waals surface area contributed by atoms with Crippen LogP contribution in [-0.4, -0.2) is 23.3 Å². The molecule has 1 aliphatic rings. The largest absolute Gasteiger partial charge is 0.489 e. The molecule has 1 heterocycles. The highest BCUT2D eigenvalue weighted by Crippen LogP contribution is 2.36. The van der Waals surface area contributed by atoms with E-state index in [1.807, 2.05) is 38.1 Å². The summed E-state index contributed by atoms with van der Waals surface area (Å²) in [5.41, 5.74) is 2.68. The highest BCUT2D eigenvalue weighted by atomic mass is 35.5. The zero-order valence-corrected chi connectivity index (χ0v) is 18.3. The van der Waals surface area contributed by atoms with Crippen molar-refractivity contribution in [2.24, 2.45) is 4.99 Å². The molecule has 0 amide bonds. The van der Waals surface area contributed by atoms with Crippen LogP contribution < -0.4 is 10.1 Å². The van der Waals surface area contributed by atoms with E-state index < -0.39 is 16.9 Å². The van der Waals surface area contributed by atoms with E-state index in [-0.39, 0.29) is 31.3 Å². The molecule has 0 aliphatic carbocycles. The first-order valence-corrected chi connectivity index (χ1v) is 9.55. The third-order valence-electron chi connectivity index (χ3n) is 4.62. The first kappa shape index (κ1) is 23.9. The zero-order valence-electron chi connectivity index (χ0n) is 17.5. The Balaban J connectivity index is 0.00000341. The van der Waals surface area contributed by atoms with Gasteiger partial charge < -0.3 is 14.8 Å². The van der Waals surface area contributed by atoms with Crippen LogP contribution in [0.2, 0.25) is 0 Å². The van der Waals surface area contributed by atoms with Crippen molar-refractivity contribution < 1.29 is 19.2 Å². The normalized spacial score (nSPS) is 15.3. The molecule has 1 aliphatic heterocycles. The third kappa shape index (κ3) is 5.61. The van der Waals surface area contributed by atoms with E-state index in [0.717, 1.165) is 11.1 Å². The molecule has 8 nitrogen and oxygen atoms in total. The lowest BCUT2D eigenvalue weighted by Gasteiger charge is -2.26. The number of halogens is 1. The van der Waals surface area contributed by atoms with Crippen LogP contribution >= 0.6 is 12.4 Å². The summed E-state index contributed by atoms with van der Waals surface area (Å²) in [6.07, 6.45) is 0. The van der Waals surface area contributed by atoms with E-state index in [9.17, 15) is 14.9 Å². The maximum Gasteiger partial charge on any atom is 0.338 e. The number of nitro benzene ring substituents is 1. The number of esters is 1. The van der Waals surface area contributed by atoms with Gasteiger partial charge in [0.05, 0.1) is 22.9 Å². The van der Waals surface area contributed by atoms with Crippen molar-refractivity contribution in [3.63, 3.8) is 0 Å². The molecule has 0 radical (unpaired) electrons. The van der Waals surface area contributed by atoms with Gasteiger partial charge >= 0.3 is 5.97 Å². The van der Waals surface area contributed by atoms with Gasteiger partial charge in [-0.2, -0.15) is 0 Å². The summed E-state index contributed by atoms with van der Waals surface area (Å²) >= 11 is 0. The van der Waals surface area contributed by atoms with E-state index in [2.05, 4.69) is 10.3 Å². The quantitative estimate of drug-likeness (QED) is 0.382. The lowest BCUT2D eigenvalue weighted by Crippen LogP contribution is -2.30. The van der Waals surface area contributed by atoms with Crippen LogP contribution in [0.3, 0.4) is 0 Å². The lowest BCUT2D eigenvalue weighted by atomic mass is 9.95. The highest BCUT2D eigenvalue weighted by molar-refractivity contribution is 5.95. The number of carbonyl (C=O) groups is 1. The van der Waals surface area contributed by atoms with Crippen molar-refractivity contribution in [3.8, 4) is 5.75 Å². The molecule has 0 aromatic heterocycles. The summed E-state index contributed by atoms with van der Waals surface area (Å²) in [5, 5.41) is 13.9. The predicted molar refractivity (Wildman–Crippen MR) is 119 cm³/mol. The average Bonchev–Trinajstić information content (AvgIpc) is 2.72. The van der Waals surface area contributed by atoms with Crippen LogP contribution in [0.25, 0.3) is 0 Å². The monoisotopic (exact) mass is 445 g/mol. The number of hydrogen-bond acceptors (Lipinski definition) is 7. The second-order valence-corrected chi connectivity index (χ2v) is 6.75. The number of nitro groups is 1. The summed E-state index contributed by atoms with van der Waals surface area (Å²) in [6.45, 7) is 5.90. The van der Waals surface area contributed by atoms with Gasteiger partial charge in [-0.3, -0.25) is 15.1 Å². The van der Waals surface area contributed by atoms with Crippen LogP contribution in [0.4, 0.5) is 5.69 Å². The van der Waals surface area contributed by atoms with Crippen LogP contribution in [0.1, 0.15) is 37.9 Å². The molecule has 164 valence electrons. The van der Waals surface area contributed by atoms with Gasteiger partial charge in [-0.05, 0) is 44.5 Å². The molecule has 0 fully saturated rings. The molecule has 3 rings (SSSR count). The fraction of sp³-hybridized carbons (Fsp3) is 0.273. The Morgan fingerprint density at radius 1 is 1.16 bits per heavy atom. The third-order valence-corrected chi connectivity index (χ3v) is 4.62. The maximum absolute atomic E-state index is 12.6. The van der Waals surface area contributed by atoms with Crippen molar-refractivity contribution >= 4 is 29.9 Å². The fourth-order valence-corrected chi connectivity index (χ4v) is 3.25. The number of nitrogens with zero attached hydrogens (tertiary/aromatic N) is 2. The van der Waals surface area contributed by atoms with Gasteiger partial charge in [-0.1, -0.05) is 18.2 Å². The minimum absolute atomic E-state index is 0. The van der Waals surface area contributed by atoms with Crippen molar-refractivity contribution in [2.75, 3.05) is 6.61 Å². The Hall–Kier alpha value is -3.39. The van der Waals surface area contributed by atoms with Gasteiger partial charge in [-0.15, -0.1) is 12.4 Å². The predicted octanol–water partition coefficient (Wildman–Crippen LogP) is 4.50. The van der Waals surface area contributed by atoms with Gasteiger partial charge in [0.25, 0.3) is 5.69 Å². The van der Waals surface area contributed by atoms with Crippen LogP contribution in [-0.2, 0) is 16.1 Å². The smallest absolute Gasteiger partial charge is 0.338 e. The summed E-state index contributed by atoms with van der Waals surface area (Å²) in [5.74, 6) is 0.846. The number of para-hydroxylation sites is 1. The Bertz CT molecular complexity index is 1020. The zero-order chi connectivity index (χ0) is 21.7. The average molecular weight is 446 g/mol. The molecule has 31 heavy (non-hydrogen) atoms. The number of carbonyl (C=O) groups excluding carboxylic acids is 1. The number of aliphatic imine (C=N–C) groups is 1. The van der Waals surface area contributed by atoms with Crippen LogP contribution in [0.15, 0.2) is 64.8 Å². The number of ether oxygens (including phenoxy) is 2. The number of benzene rings is 2. The van der Waals surface area contributed by atoms with E-state index in [4.69, 9.17) is 9.47 Å². The molecule has 0 spiro atoms. The van der Waals surface area contributed by atoms with Crippen molar-refractivity contribution in [1.82, 2.24) is 5.32 Å². The van der Waals surface area contributed by atoms with Crippen LogP contribution in [0.5, 0.6) is 5.75 Å². The Kier molecular flexibility index (Phi) is 8.15. The molecular formula is C22H24ClN3O5. The maximum atomic E-state index is 12.6. The van der Waals surface area contributed by atoms with Crippen molar-refractivity contribution in [2.45, 2.75) is 33.4 Å². The van der Waals surface area contributed by atoms with E-state index in [1.165, 1.54) is 12.1 Å². The molecule has 0 saturated carbocycles. The van der Waals surface area contributed by atoms with E-state index in [0.29, 0.717) is 22.9 Å². The van der Waals surface area contributed by atoms with E-state index >= 15 is 0 Å². The molecule has 1 atom stereocenters. The molecule has 0 saturated heterocycles. The Morgan fingerprint density at radius 3 is 2.48 bits per heavy atom. The Labute approximate surface area is 186 Å². The second kappa shape index (κ2) is 10.6. The number of non-ortho nitro benzene ring substituents is 1. The minimum Gasteiger partial charge on any atom is -0.489 e.